The van der Waals surface area contributed by atoms with Crippen LogP contribution in [-0.4, -0.2) is 40.0 Å². The highest BCUT2D eigenvalue weighted by Gasteiger charge is 2.36. The summed E-state index contributed by atoms with van der Waals surface area (Å²) >= 11 is 0. The molecule has 182 valence electrons. The summed E-state index contributed by atoms with van der Waals surface area (Å²) in [6.45, 7) is 0.784. The molecule has 1 aromatic heterocycles. The van der Waals surface area contributed by atoms with Gasteiger partial charge in [-0.15, -0.1) is 0 Å². The van der Waals surface area contributed by atoms with Gasteiger partial charge < -0.3 is 15.7 Å². The van der Waals surface area contributed by atoms with Gasteiger partial charge >= 0.3 is 6.18 Å². The first-order chi connectivity index (χ1) is 16.6. The van der Waals surface area contributed by atoms with Crippen molar-refractivity contribution in [2.24, 2.45) is 5.73 Å². The van der Waals surface area contributed by atoms with E-state index in [9.17, 15) is 27.9 Å². The summed E-state index contributed by atoms with van der Waals surface area (Å²) in [5.74, 6) is -0.642. The first-order valence-corrected chi connectivity index (χ1v) is 11.3. The highest BCUT2D eigenvalue weighted by molar-refractivity contribution is 5.94. The predicted molar refractivity (Wildman–Crippen MR) is 124 cm³/mol. The Hall–Kier alpha value is -3.66. The van der Waals surface area contributed by atoms with Gasteiger partial charge in [0.1, 0.15) is 0 Å². The maximum Gasteiger partial charge on any atom is 0.418 e. The fourth-order valence-electron chi connectivity index (χ4n) is 4.90. The third-order valence-corrected chi connectivity index (χ3v) is 6.62. The Bertz CT molecular complexity index is 1380. The van der Waals surface area contributed by atoms with Crippen LogP contribution in [0.5, 0.6) is 0 Å². The standard InChI is InChI=1S/C25H23F3N4O3/c26-25(27,28)20-8-7-16(31-10-9-17(33)13-31)12-21(20)32-24(35)19-6-2-5-18(19)22(30-32)14-3-1-4-15(11-14)23(29)34/h1,3-4,7-8,11-12,17,33H,2,5-6,9-10,13H2,(H2,29,34)/t17-/m0/s1. The predicted octanol–water partition coefficient (Wildman–Crippen LogP) is 3.08. The number of aliphatic hydroxyl groups is 1. The Morgan fingerprint density at radius 1 is 1.11 bits per heavy atom. The molecule has 5 rings (SSSR count). The van der Waals surface area contributed by atoms with Gasteiger partial charge in [0.25, 0.3) is 5.56 Å². The summed E-state index contributed by atoms with van der Waals surface area (Å²) in [5.41, 5.74) is 6.14. The molecule has 1 saturated heterocycles. The van der Waals surface area contributed by atoms with E-state index in [0.717, 1.165) is 10.7 Å². The highest BCUT2D eigenvalue weighted by Crippen LogP contribution is 2.37. The molecule has 3 aromatic rings. The van der Waals surface area contributed by atoms with Crippen molar-refractivity contribution in [3.05, 3.63) is 75.1 Å². The Balaban J connectivity index is 1.74. The van der Waals surface area contributed by atoms with E-state index in [0.29, 0.717) is 66.8 Å². The van der Waals surface area contributed by atoms with E-state index in [2.05, 4.69) is 5.10 Å². The zero-order valence-electron chi connectivity index (χ0n) is 18.7. The number of nitrogens with two attached hydrogens (primary N) is 1. The maximum absolute atomic E-state index is 14.0. The van der Waals surface area contributed by atoms with Crippen LogP contribution in [0, 0.1) is 0 Å². The monoisotopic (exact) mass is 484 g/mol. The van der Waals surface area contributed by atoms with Gasteiger partial charge in [-0.25, -0.2) is 0 Å². The summed E-state index contributed by atoms with van der Waals surface area (Å²) in [4.78, 5) is 26.9. The molecule has 1 aliphatic carbocycles. The molecule has 2 heterocycles. The maximum atomic E-state index is 14.0. The number of carbonyl (C=O) groups is 1. The molecule has 0 bridgehead atoms. The van der Waals surface area contributed by atoms with E-state index in [1.807, 2.05) is 0 Å². The summed E-state index contributed by atoms with van der Waals surface area (Å²) in [6.07, 6.45) is -3.11. The van der Waals surface area contributed by atoms with E-state index in [-0.39, 0.29) is 11.3 Å². The van der Waals surface area contributed by atoms with Gasteiger partial charge in [-0.05, 0) is 61.6 Å². The zero-order valence-corrected chi connectivity index (χ0v) is 18.7. The molecule has 2 aromatic carbocycles. The number of β-amino-alcohol motifs (C(OH)–C–C–N with tert-alkyl or cyclic N) is 1. The zero-order chi connectivity index (χ0) is 24.9. The lowest BCUT2D eigenvalue weighted by Crippen LogP contribution is -2.29. The minimum Gasteiger partial charge on any atom is -0.391 e. The van der Waals surface area contributed by atoms with Crippen LogP contribution < -0.4 is 16.2 Å². The lowest BCUT2D eigenvalue weighted by atomic mass is 10.0. The van der Waals surface area contributed by atoms with E-state index >= 15 is 0 Å². The lowest BCUT2D eigenvalue weighted by Gasteiger charge is -2.22. The molecule has 1 amide bonds. The molecule has 1 atom stereocenters. The van der Waals surface area contributed by atoms with Gasteiger partial charge in [0.05, 0.1) is 23.0 Å². The minimum atomic E-state index is -4.72. The molecule has 0 spiro atoms. The molecule has 35 heavy (non-hydrogen) atoms. The molecular weight excluding hydrogens is 461 g/mol. The number of halogens is 3. The minimum absolute atomic E-state index is 0.236. The largest absolute Gasteiger partial charge is 0.418 e. The number of nitrogens with zero attached hydrogens (tertiary/aromatic N) is 3. The molecule has 0 saturated carbocycles. The summed E-state index contributed by atoms with van der Waals surface area (Å²) in [6, 6.07) is 9.98. The number of hydrogen-bond acceptors (Lipinski definition) is 5. The fourth-order valence-corrected chi connectivity index (χ4v) is 4.90. The quantitative estimate of drug-likeness (QED) is 0.593. The topological polar surface area (TPSA) is 101 Å². The number of amides is 1. The van der Waals surface area contributed by atoms with E-state index < -0.39 is 29.3 Å². The van der Waals surface area contributed by atoms with E-state index in [4.69, 9.17) is 5.73 Å². The first kappa shape index (κ1) is 23.1. The van der Waals surface area contributed by atoms with Crippen molar-refractivity contribution in [3.63, 3.8) is 0 Å². The molecule has 10 heteroatoms. The second-order valence-electron chi connectivity index (χ2n) is 8.91. The number of benzene rings is 2. The first-order valence-electron chi connectivity index (χ1n) is 11.3. The Labute approximate surface area is 198 Å². The number of carbonyl (C=O) groups excluding carboxylic acids is 1. The van der Waals surface area contributed by atoms with Crippen molar-refractivity contribution in [3.8, 4) is 16.9 Å². The molecule has 0 radical (unpaired) electrons. The van der Waals surface area contributed by atoms with Crippen molar-refractivity contribution in [1.29, 1.82) is 0 Å². The van der Waals surface area contributed by atoms with Crippen LogP contribution in [0.4, 0.5) is 18.9 Å². The van der Waals surface area contributed by atoms with Crippen molar-refractivity contribution in [1.82, 2.24) is 9.78 Å². The Kier molecular flexibility index (Phi) is 5.63. The van der Waals surface area contributed by atoms with E-state index in [1.165, 1.54) is 24.3 Å². The van der Waals surface area contributed by atoms with Gasteiger partial charge in [-0.2, -0.15) is 23.0 Å². The fraction of sp³-hybridized carbons (Fsp3) is 0.320. The Morgan fingerprint density at radius 3 is 2.57 bits per heavy atom. The van der Waals surface area contributed by atoms with Crippen LogP contribution in [0.25, 0.3) is 16.9 Å². The molecular formula is C25H23F3N4O3. The average Bonchev–Trinajstić information content (AvgIpc) is 3.48. The van der Waals surface area contributed by atoms with Crippen LogP contribution in [0.3, 0.4) is 0 Å². The third kappa shape index (κ3) is 4.18. The number of anilines is 1. The summed E-state index contributed by atoms with van der Waals surface area (Å²) in [7, 11) is 0. The van der Waals surface area contributed by atoms with Crippen LogP contribution in [-0.2, 0) is 19.0 Å². The second-order valence-corrected chi connectivity index (χ2v) is 8.91. The van der Waals surface area contributed by atoms with Crippen molar-refractivity contribution >= 4 is 11.6 Å². The average molecular weight is 484 g/mol. The number of aliphatic hydroxyl groups excluding tert-OH is 1. The van der Waals surface area contributed by atoms with Crippen molar-refractivity contribution in [2.75, 3.05) is 18.0 Å². The lowest BCUT2D eigenvalue weighted by molar-refractivity contribution is -0.137. The highest BCUT2D eigenvalue weighted by atomic mass is 19.4. The molecule has 0 unspecified atom stereocenters. The van der Waals surface area contributed by atoms with Crippen LogP contribution in [0.1, 0.15) is 39.9 Å². The van der Waals surface area contributed by atoms with Crippen molar-refractivity contribution in [2.45, 2.75) is 38.0 Å². The molecule has 2 aliphatic rings. The van der Waals surface area contributed by atoms with Gasteiger partial charge in [0.15, 0.2) is 0 Å². The third-order valence-electron chi connectivity index (χ3n) is 6.62. The van der Waals surface area contributed by atoms with Gasteiger partial charge in [-0.1, -0.05) is 12.1 Å². The molecule has 1 aliphatic heterocycles. The Morgan fingerprint density at radius 2 is 1.89 bits per heavy atom. The van der Waals surface area contributed by atoms with Gasteiger partial charge in [-0.3, -0.25) is 9.59 Å². The number of alkyl halides is 3. The number of hydrogen-bond donors (Lipinski definition) is 2. The number of rotatable bonds is 4. The van der Waals surface area contributed by atoms with Crippen LogP contribution in [0.15, 0.2) is 47.3 Å². The summed E-state index contributed by atoms with van der Waals surface area (Å²) in [5, 5.41) is 14.3. The number of primary amides is 1. The smallest absolute Gasteiger partial charge is 0.391 e. The van der Waals surface area contributed by atoms with Crippen LogP contribution >= 0.6 is 0 Å². The summed E-state index contributed by atoms with van der Waals surface area (Å²) < 4.78 is 42.9. The van der Waals surface area contributed by atoms with Crippen LogP contribution in [0.2, 0.25) is 0 Å². The molecule has 7 nitrogen and oxygen atoms in total. The number of aromatic nitrogens is 2. The second kappa shape index (κ2) is 8.53. The number of fused-ring (bicyclic) bond motifs is 1. The van der Waals surface area contributed by atoms with E-state index in [1.54, 1.807) is 17.0 Å². The SMILES string of the molecule is NC(=O)c1cccc(-c2nn(-c3cc(N4CC[C@H](O)C4)ccc3C(F)(F)F)c(=O)c3c2CCC3)c1. The van der Waals surface area contributed by atoms with Crippen molar-refractivity contribution < 1.29 is 23.1 Å². The molecule has 1 fully saturated rings. The van der Waals surface area contributed by atoms with Gasteiger partial charge in [0.2, 0.25) is 5.91 Å². The molecule has 3 N–H and O–H groups in total. The normalized spacial score (nSPS) is 17.6. The van der Waals surface area contributed by atoms with Gasteiger partial charge in [0, 0.05) is 35.5 Å².